The third-order valence-corrected chi connectivity index (χ3v) is 3.24. The van der Waals surface area contributed by atoms with Gasteiger partial charge in [0.25, 0.3) is 0 Å². The molecule has 16 heavy (non-hydrogen) atoms. The molecule has 2 rings (SSSR count). The van der Waals surface area contributed by atoms with Crippen LogP contribution in [0.5, 0.6) is 5.88 Å². The predicted octanol–water partition coefficient (Wildman–Crippen LogP) is 3.00. The molecule has 0 aromatic carbocycles. The van der Waals surface area contributed by atoms with Gasteiger partial charge in [-0.3, -0.25) is 0 Å². The molecule has 0 spiro atoms. The summed E-state index contributed by atoms with van der Waals surface area (Å²) in [6, 6.07) is 4.58. The van der Waals surface area contributed by atoms with Gasteiger partial charge < -0.3 is 10.1 Å². The summed E-state index contributed by atoms with van der Waals surface area (Å²) in [6.45, 7) is 4.26. The first-order valence-corrected chi connectivity index (χ1v) is 6.02. The van der Waals surface area contributed by atoms with Crippen LogP contribution in [0.1, 0.15) is 31.9 Å². The van der Waals surface area contributed by atoms with E-state index >= 15 is 0 Å². The summed E-state index contributed by atoms with van der Waals surface area (Å²) in [5.41, 5.74) is 2.15. The van der Waals surface area contributed by atoms with E-state index in [0.717, 1.165) is 17.3 Å². The summed E-state index contributed by atoms with van der Waals surface area (Å²) >= 11 is 0. The van der Waals surface area contributed by atoms with Crippen molar-refractivity contribution >= 4 is 5.69 Å². The first-order valence-electron chi connectivity index (χ1n) is 6.02. The molecule has 3 nitrogen and oxygen atoms in total. The van der Waals surface area contributed by atoms with Crippen molar-refractivity contribution in [3.63, 3.8) is 0 Å². The second kappa shape index (κ2) is 4.73. The molecular formula is C13H20N2O. The minimum atomic E-state index is 0.605. The first-order chi connectivity index (χ1) is 7.74. The topological polar surface area (TPSA) is 34.1 Å². The molecule has 0 saturated heterocycles. The Hall–Kier alpha value is -1.25. The summed E-state index contributed by atoms with van der Waals surface area (Å²) in [7, 11) is 1.65. The van der Waals surface area contributed by atoms with Gasteiger partial charge in [0.15, 0.2) is 0 Å². The number of aryl methyl sites for hydroxylation is 1. The number of ether oxygens (including phenoxy) is 1. The number of anilines is 1. The van der Waals surface area contributed by atoms with E-state index in [-0.39, 0.29) is 0 Å². The number of aromatic nitrogens is 1. The van der Waals surface area contributed by atoms with E-state index in [9.17, 15) is 0 Å². The second-order valence-corrected chi connectivity index (χ2v) is 4.48. The summed E-state index contributed by atoms with van der Waals surface area (Å²) in [6.07, 6.45) is 3.92. The third-order valence-electron chi connectivity index (χ3n) is 3.24. The maximum absolute atomic E-state index is 5.10. The van der Waals surface area contributed by atoms with Gasteiger partial charge in [0.2, 0.25) is 5.88 Å². The fourth-order valence-electron chi connectivity index (χ4n) is 2.06. The number of hydrogen-bond donors (Lipinski definition) is 1. The van der Waals surface area contributed by atoms with Crippen molar-refractivity contribution in [1.29, 1.82) is 0 Å². The van der Waals surface area contributed by atoms with E-state index < -0.39 is 0 Å². The van der Waals surface area contributed by atoms with Gasteiger partial charge in [-0.2, -0.15) is 0 Å². The largest absolute Gasteiger partial charge is 0.481 e. The number of pyridine rings is 1. The van der Waals surface area contributed by atoms with Crippen LogP contribution in [-0.2, 0) is 0 Å². The van der Waals surface area contributed by atoms with Gasteiger partial charge in [0, 0.05) is 12.1 Å². The van der Waals surface area contributed by atoms with Crippen LogP contribution < -0.4 is 10.1 Å². The monoisotopic (exact) mass is 220 g/mol. The van der Waals surface area contributed by atoms with Gasteiger partial charge in [-0.1, -0.05) is 6.92 Å². The molecule has 1 aromatic heterocycles. The van der Waals surface area contributed by atoms with E-state index in [1.807, 2.05) is 13.0 Å². The Balaban J connectivity index is 2.07. The van der Waals surface area contributed by atoms with Crippen molar-refractivity contribution < 1.29 is 4.74 Å². The molecule has 3 heteroatoms. The quantitative estimate of drug-likeness (QED) is 0.828. The molecule has 1 fully saturated rings. The zero-order valence-corrected chi connectivity index (χ0v) is 10.3. The zero-order chi connectivity index (χ0) is 11.5. The normalized spacial score (nSPS) is 16.9. The van der Waals surface area contributed by atoms with E-state index in [4.69, 9.17) is 4.74 Å². The molecule has 88 valence electrons. The molecule has 0 bridgehead atoms. The van der Waals surface area contributed by atoms with Crippen LogP contribution in [0.2, 0.25) is 0 Å². The Morgan fingerprint density at radius 1 is 1.50 bits per heavy atom. The molecule has 0 radical (unpaired) electrons. The predicted molar refractivity (Wildman–Crippen MR) is 66.0 cm³/mol. The van der Waals surface area contributed by atoms with Crippen LogP contribution in [0.15, 0.2) is 12.1 Å². The lowest BCUT2D eigenvalue weighted by Gasteiger charge is -2.19. The van der Waals surface area contributed by atoms with Crippen LogP contribution in [0.4, 0.5) is 5.69 Å². The van der Waals surface area contributed by atoms with Crippen molar-refractivity contribution in [3.05, 3.63) is 17.8 Å². The second-order valence-electron chi connectivity index (χ2n) is 4.48. The van der Waals surface area contributed by atoms with Gasteiger partial charge in [0.1, 0.15) is 0 Å². The van der Waals surface area contributed by atoms with Gasteiger partial charge in [-0.25, -0.2) is 4.98 Å². The van der Waals surface area contributed by atoms with Gasteiger partial charge in [0.05, 0.1) is 18.5 Å². The third kappa shape index (κ3) is 2.46. The van der Waals surface area contributed by atoms with Crippen molar-refractivity contribution in [1.82, 2.24) is 4.98 Å². The number of nitrogens with zero attached hydrogens (tertiary/aromatic N) is 1. The van der Waals surface area contributed by atoms with Crippen LogP contribution in [-0.4, -0.2) is 18.1 Å². The lowest BCUT2D eigenvalue weighted by Crippen LogP contribution is -2.21. The molecule has 0 amide bonds. The van der Waals surface area contributed by atoms with Crippen molar-refractivity contribution in [2.75, 3.05) is 12.4 Å². The molecule has 1 saturated carbocycles. The maximum Gasteiger partial charge on any atom is 0.213 e. The molecule has 1 heterocycles. The minimum absolute atomic E-state index is 0.605. The van der Waals surface area contributed by atoms with Crippen molar-refractivity contribution in [3.8, 4) is 5.88 Å². The SMILES string of the molecule is CCC(Nc1ccc(OC)nc1C)C1CC1. The molecule has 1 N–H and O–H groups in total. The highest BCUT2D eigenvalue weighted by atomic mass is 16.5. The van der Waals surface area contributed by atoms with Crippen LogP contribution >= 0.6 is 0 Å². The fraction of sp³-hybridized carbons (Fsp3) is 0.615. The lowest BCUT2D eigenvalue weighted by molar-refractivity contribution is 0.397. The van der Waals surface area contributed by atoms with Crippen LogP contribution in [0.25, 0.3) is 0 Å². The average molecular weight is 220 g/mol. The smallest absolute Gasteiger partial charge is 0.213 e. The molecule has 1 aromatic rings. The van der Waals surface area contributed by atoms with Crippen LogP contribution in [0.3, 0.4) is 0 Å². The summed E-state index contributed by atoms with van der Waals surface area (Å²) in [4.78, 5) is 4.37. The van der Waals surface area contributed by atoms with Crippen molar-refractivity contribution in [2.45, 2.75) is 39.2 Å². The first kappa shape index (κ1) is 11.2. The molecule has 0 aliphatic heterocycles. The highest BCUT2D eigenvalue weighted by Gasteiger charge is 2.30. The number of rotatable bonds is 5. The average Bonchev–Trinajstić information content (AvgIpc) is 3.11. The summed E-state index contributed by atoms with van der Waals surface area (Å²) < 4.78 is 5.10. The minimum Gasteiger partial charge on any atom is -0.481 e. The molecular weight excluding hydrogens is 200 g/mol. The number of hydrogen-bond acceptors (Lipinski definition) is 3. The fourth-order valence-corrected chi connectivity index (χ4v) is 2.06. The molecule has 1 atom stereocenters. The highest BCUT2D eigenvalue weighted by Crippen LogP contribution is 2.36. The Labute approximate surface area is 97.2 Å². The van der Waals surface area contributed by atoms with E-state index in [0.29, 0.717) is 11.9 Å². The van der Waals surface area contributed by atoms with E-state index in [1.165, 1.54) is 19.3 Å². The zero-order valence-electron chi connectivity index (χ0n) is 10.3. The van der Waals surface area contributed by atoms with Gasteiger partial charge >= 0.3 is 0 Å². The highest BCUT2D eigenvalue weighted by molar-refractivity contribution is 5.49. The number of methoxy groups -OCH3 is 1. The van der Waals surface area contributed by atoms with E-state index in [1.54, 1.807) is 7.11 Å². The lowest BCUT2D eigenvalue weighted by atomic mass is 10.1. The molecule has 1 unspecified atom stereocenters. The van der Waals surface area contributed by atoms with E-state index in [2.05, 4.69) is 23.3 Å². The summed E-state index contributed by atoms with van der Waals surface area (Å²) in [5.74, 6) is 1.55. The van der Waals surface area contributed by atoms with Gasteiger partial charge in [-0.15, -0.1) is 0 Å². The molecule has 1 aliphatic carbocycles. The van der Waals surface area contributed by atoms with Crippen molar-refractivity contribution in [2.24, 2.45) is 5.92 Å². The summed E-state index contributed by atoms with van der Waals surface area (Å²) in [5, 5.41) is 3.59. The molecule has 1 aliphatic rings. The van der Waals surface area contributed by atoms with Crippen LogP contribution in [0, 0.1) is 12.8 Å². The Bertz CT molecular complexity index is 361. The Kier molecular flexibility index (Phi) is 3.32. The Morgan fingerprint density at radius 2 is 2.25 bits per heavy atom. The van der Waals surface area contributed by atoms with Gasteiger partial charge in [-0.05, 0) is 38.2 Å². The Morgan fingerprint density at radius 3 is 2.75 bits per heavy atom. The maximum atomic E-state index is 5.10. The standard InChI is InChI=1S/C13H20N2O/c1-4-11(10-5-6-10)15-12-7-8-13(16-3)14-9(12)2/h7-8,10-11,15H,4-6H2,1-3H3. The number of nitrogens with one attached hydrogen (secondary N) is 1.